The number of hydrogen-bond donors (Lipinski definition) is 6. The maximum atomic E-state index is 13.0. The van der Waals surface area contributed by atoms with Crippen LogP contribution in [-0.2, 0) is 14.3 Å². The van der Waals surface area contributed by atoms with Gasteiger partial charge in [0.05, 0.1) is 25.4 Å². The van der Waals surface area contributed by atoms with Gasteiger partial charge in [0.1, 0.15) is 24.4 Å². The third kappa shape index (κ3) is 35.7. The highest BCUT2D eigenvalue weighted by molar-refractivity contribution is 5.76. The van der Waals surface area contributed by atoms with Gasteiger partial charge >= 0.3 is 0 Å². The van der Waals surface area contributed by atoms with Crippen LogP contribution in [0.15, 0.2) is 60.8 Å². The Morgan fingerprint density at radius 3 is 1.42 bits per heavy atom. The molecule has 378 valence electrons. The fourth-order valence-corrected chi connectivity index (χ4v) is 8.36. The normalized spacial score (nSPS) is 20.4. The molecule has 1 fully saturated rings. The van der Waals surface area contributed by atoms with Crippen LogP contribution in [0, 0.1) is 0 Å². The molecule has 1 aliphatic heterocycles. The van der Waals surface area contributed by atoms with E-state index in [9.17, 15) is 30.3 Å². The van der Waals surface area contributed by atoms with E-state index in [0.717, 1.165) is 70.6 Å². The van der Waals surface area contributed by atoms with Crippen LogP contribution < -0.4 is 5.32 Å². The van der Waals surface area contributed by atoms with Gasteiger partial charge in [-0.05, 0) is 57.8 Å². The van der Waals surface area contributed by atoms with Gasteiger partial charge in [-0.25, -0.2) is 0 Å². The first-order valence-electron chi connectivity index (χ1n) is 27.0. The first-order chi connectivity index (χ1) is 31.8. The topological polar surface area (TPSA) is 149 Å². The molecule has 7 atom stereocenters. The van der Waals surface area contributed by atoms with Crippen LogP contribution in [0.2, 0.25) is 0 Å². The second kappa shape index (κ2) is 45.7. The van der Waals surface area contributed by atoms with E-state index in [1.807, 2.05) is 0 Å². The van der Waals surface area contributed by atoms with Crippen LogP contribution in [0.25, 0.3) is 0 Å². The van der Waals surface area contributed by atoms with E-state index in [1.165, 1.54) is 135 Å². The minimum absolute atomic E-state index is 0.138. The number of ether oxygens (including phenoxy) is 2. The zero-order chi connectivity index (χ0) is 47.3. The average Bonchev–Trinajstić information content (AvgIpc) is 3.31. The van der Waals surface area contributed by atoms with Crippen molar-refractivity contribution in [2.75, 3.05) is 13.2 Å². The van der Waals surface area contributed by atoms with Crippen LogP contribution in [0.5, 0.6) is 0 Å². The number of hydrogen-bond acceptors (Lipinski definition) is 8. The highest BCUT2D eigenvalue weighted by atomic mass is 16.7. The molecule has 1 amide bonds. The number of allylic oxidation sites excluding steroid dienone is 10. The maximum absolute atomic E-state index is 13.0. The van der Waals surface area contributed by atoms with Crippen LogP contribution in [0.3, 0.4) is 0 Å². The molecule has 65 heavy (non-hydrogen) atoms. The van der Waals surface area contributed by atoms with Crippen LogP contribution in [0.1, 0.15) is 232 Å². The number of aliphatic hydroxyl groups excluding tert-OH is 5. The monoisotopic (exact) mass is 916 g/mol. The minimum Gasteiger partial charge on any atom is -0.394 e. The van der Waals surface area contributed by atoms with Crippen molar-refractivity contribution in [3.05, 3.63) is 60.8 Å². The predicted octanol–water partition coefficient (Wildman–Crippen LogP) is 12.7. The molecular formula is C56H101NO8. The lowest BCUT2D eigenvalue weighted by atomic mass is 9.99. The lowest BCUT2D eigenvalue weighted by Crippen LogP contribution is -2.60. The summed E-state index contributed by atoms with van der Waals surface area (Å²) < 4.78 is 11.2. The minimum atomic E-state index is -1.55. The number of rotatable bonds is 45. The quantitative estimate of drug-likeness (QED) is 0.0261. The molecule has 0 aromatic heterocycles. The molecule has 0 aromatic rings. The molecule has 1 heterocycles. The van der Waals surface area contributed by atoms with Crippen molar-refractivity contribution in [2.45, 2.75) is 275 Å². The van der Waals surface area contributed by atoms with Crippen molar-refractivity contribution >= 4 is 5.91 Å². The summed E-state index contributed by atoms with van der Waals surface area (Å²) in [5, 5.41) is 54.2. The number of carbonyl (C=O) groups excluding carboxylic acids is 1. The highest BCUT2D eigenvalue weighted by Crippen LogP contribution is 2.23. The lowest BCUT2D eigenvalue weighted by Gasteiger charge is -2.40. The molecule has 1 aliphatic rings. The zero-order valence-electron chi connectivity index (χ0n) is 41.7. The van der Waals surface area contributed by atoms with Gasteiger partial charge in [-0.3, -0.25) is 4.79 Å². The Kier molecular flexibility index (Phi) is 42.8. The van der Waals surface area contributed by atoms with Gasteiger partial charge in [-0.2, -0.15) is 0 Å². The van der Waals surface area contributed by atoms with Crippen LogP contribution in [-0.4, -0.2) is 87.5 Å². The standard InChI is InChI=1S/C56H101NO8/c1-3-5-7-9-11-12-13-14-15-16-17-18-19-20-21-22-23-24-25-26-27-28-29-30-31-32-33-34-35-36-37-38-40-42-44-46-52(60)57-49(50(59)45-43-41-39-10-8-6-4-2)48-64-56-55(63)54(62)53(61)51(47-58)65-56/h5,7,11-12,14-15,17-18,20-21,49-51,53-56,58-59,61-63H,3-4,6,8-10,13,16,19,22-48H2,1-2H3,(H,57,60)/b7-5-,12-11-,15-14-,18-17-,21-20-. The van der Waals surface area contributed by atoms with Gasteiger partial charge in [0.25, 0.3) is 0 Å². The van der Waals surface area contributed by atoms with Crippen molar-refractivity contribution in [3.8, 4) is 0 Å². The molecule has 9 nitrogen and oxygen atoms in total. The van der Waals surface area contributed by atoms with Gasteiger partial charge < -0.3 is 40.3 Å². The van der Waals surface area contributed by atoms with Crippen molar-refractivity contribution in [1.29, 1.82) is 0 Å². The first kappa shape index (κ1) is 60.9. The van der Waals surface area contributed by atoms with Crippen LogP contribution >= 0.6 is 0 Å². The third-order valence-electron chi connectivity index (χ3n) is 12.6. The Balaban J connectivity index is 2.02. The fourth-order valence-electron chi connectivity index (χ4n) is 8.36. The molecule has 0 aromatic carbocycles. The molecule has 7 unspecified atom stereocenters. The summed E-state index contributed by atoms with van der Waals surface area (Å²) in [4.78, 5) is 13.0. The average molecular weight is 916 g/mol. The Hall–Kier alpha value is -2.11. The largest absolute Gasteiger partial charge is 0.394 e. The number of aliphatic hydroxyl groups is 5. The number of amides is 1. The molecule has 6 N–H and O–H groups in total. The Morgan fingerprint density at radius 1 is 0.538 bits per heavy atom. The molecule has 0 radical (unpaired) electrons. The Bertz CT molecular complexity index is 1200. The van der Waals surface area contributed by atoms with Crippen molar-refractivity contribution in [2.24, 2.45) is 0 Å². The van der Waals surface area contributed by atoms with Crippen LogP contribution in [0.4, 0.5) is 0 Å². The summed E-state index contributed by atoms with van der Waals surface area (Å²) in [6.45, 7) is 3.67. The molecule has 0 aliphatic carbocycles. The molecule has 0 bridgehead atoms. The van der Waals surface area contributed by atoms with E-state index in [-0.39, 0.29) is 12.5 Å². The molecule has 1 rings (SSSR count). The number of carbonyl (C=O) groups is 1. The Labute approximate surface area is 398 Å². The third-order valence-corrected chi connectivity index (χ3v) is 12.6. The smallest absolute Gasteiger partial charge is 0.220 e. The predicted molar refractivity (Wildman–Crippen MR) is 272 cm³/mol. The van der Waals surface area contributed by atoms with Gasteiger partial charge in [0.15, 0.2) is 6.29 Å². The van der Waals surface area contributed by atoms with E-state index in [1.54, 1.807) is 0 Å². The molecule has 0 spiro atoms. The summed E-state index contributed by atoms with van der Waals surface area (Å²) in [6, 6.07) is -0.716. The van der Waals surface area contributed by atoms with Crippen molar-refractivity contribution in [1.82, 2.24) is 5.32 Å². The highest BCUT2D eigenvalue weighted by Gasteiger charge is 2.44. The lowest BCUT2D eigenvalue weighted by molar-refractivity contribution is -0.302. The summed E-state index contributed by atoms with van der Waals surface area (Å²) in [5.74, 6) is -0.148. The second-order valence-corrected chi connectivity index (χ2v) is 18.6. The van der Waals surface area contributed by atoms with E-state index in [4.69, 9.17) is 9.47 Å². The summed E-state index contributed by atoms with van der Waals surface area (Å²) in [5.41, 5.74) is 0. The summed E-state index contributed by atoms with van der Waals surface area (Å²) in [6.07, 6.45) is 54.4. The number of nitrogens with one attached hydrogen (secondary N) is 1. The Morgan fingerprint density at radius 2 is 0.954 bits per heavy atom. The SMILES string of the molecule is CC/C=C\C/C=C\C/C=C\C/C=C\C/C=C\CCCCCCCCCCCCCCCCCCCCCC(=O)NC(COC1OC(CO)C(O)C(O)C1O)C(O)CCCCCCCCC. The van der Waals surface area contributed by atoms with Gasteiger partial charge in [0, 0.05) is 6.42 Å². The molecule has 1 saturated heterocycles. The fraction of sp³-hybridized carbons (Fsp3) is 0.804. The molecule has 0 saturated carbocycles. The second-order valence-electron chi connectivity index (χ2n) is 18.6. The van der Waals surface area contributed by atoms with Crippen molar-refractivity contribution in [3.63, 3.8) is 0 Å². The van der Waals surface area contributed by atoms with Crippen molar-refractivity contribution < 1.29 is 39.8 Å². The van der Waals surface area contributed by atoms with E-state index >= 15 is 0 Å². The number of unbranched alkanes of at least 4 members (excludes halogenated alkanes) is 25. The molecular weight excluding hydrogens is 815 g/mol. The maximum Gasteiger partial charge on any atom is 0.220 e. The van der Waals surface area contributed by atoms with Gasteiger partial charge in [0.2, 0.25) is 5.91 Å². The van der Waals surface area contributed by atoms with E-state index < -0.39 is 49.5 Å². The van der Waals surface area contributed by atoms with Gasteiger partial charge in [-0.15, -0.1) is 0 Å². The summed E-state index contributed by atoms with van der Waals surface area (Å²) in [7, 11) is 0. The zero-order valence-corrected chi connectivity index (χ0v) is 41.7. The van der Waals surface area contributed by atoms with Gasteiger partial charge in [-0.1, -0.05) is 229 Å². The summed E-state index contributed by atoms with van der Waals surface area (Å²) >= 11 is 0. The first-order valence-corrected chi connectivity index (χ1v) is 27.0. The van der Waals surface area contributed by atoms with E-state index in [0.29, 0.717) is 12.8 Å². The van der Waals surface area contributed by atoms with E-state index in [2.05, 4.69) is 79.9 Å². The molecule has 9 heteroatoms.